The number of carbonyl (C=O) groups is 1. The van der Waals surface area contributed by atoms with Crippen molar-refractivity contribution in [2.75, 3.05) is 12.0 Å². The molecule has 5 nitrogen and oxygen atoms in total. The Morgan fingerprint density at radius 3 is 2.65 bits per heavy atom. The lowest BCUT2D eigenvalue weighted by atomic mass is 9.82. The second-order valence-electron chi connectivity index (χ2n) is 7.84. The molecule has 2 aromatic rings. The average molecular weight is 463 g/mol. The molecule has 0 saturated heterocycles. The van der Waals surface area contributed by atoms with Crippen molar-refractivity contribution in [2.45, 2.75) is 48.3 Å². The number of rotatable bonds is 8. The van der Waals surface area contributed by atoms with Gasteiger partial charge in [0, 0.05) is 17.7 Å². The van der Waals surface area contributed by atoms with Gasteiger partial charge in [0.2, 0.25) is 0 Å². The molecule has 1 aliphatic rings. The standard InChI is InChI=1S/C24H30O5S2/c1-3-4-8-17-13-19(18-9-6-5-7-10-18)20-14-22(30-2)21(29-12-11-24(25)26)15-23(20)31(27,28)16-17/h5-7,9-12,14-15,17,19,27-28H,3-4,8,13,16H2,1-2H3,(H,25,26)/b12-11+. The molecule has 0 fully saturated rings. The summed E-state index contributed by atoms with van der Waals surface area (Å²) in [5.41, 5.74) is 2.08. The van der Waals surface area contributed by atoms with Crippen LogP contribution >= 0.6 is 22.4 Å². The predicted octanol–water partition coefficient (Wildman–Crippen LogP) is 6.84. The molecule has 1 heterocycles. The Labute approximate surface area is 189 Å². The highest BCUT2D eigenvalue weighted by Gasteiger charge is 2.35. The van der Waals surface area contributed by atoms with E-state index in [1.165, 1.54) is 11.8 Å². The second kappa shape index (κ2) is 10.6. The molecule has 0 aromatic heterocycles. The minimum absolute atomic E-state index is 0.0567. The summed E-state index contributed by atoms with van der Waals surface area (Å²) in [5.74, 6) is -0.0696. The van der Waals surface area contributed by atoms with E-state index < -0.39 is 16.6 Å². The molecule has 0 bridgehead atoms. The first kappa shape index (κ1) is 23.7. The Morgan fingerprint density at radius 1 is 1.26 bits per heavy atom. The van der Waals surface area contributed by atoms with Crippen molar-refractivity contribution in [3.63, 3.8) is 0 Å². The topological polar surface area (TPSA) is 87.0 Å². The Kier molecular flexibility index (Phi) is 8.11. The predicted molar refractivity (Wildman–Crippen MR) is 128 cm³/mol. The SMILES string of the molecule is CCCCC1CC(c2ccccc2)c2cc(SC)c(O/C=C/C(=O)O)cc2S(O)(O)C1. The van der Waals surface area contributed by atoms with E-state index in [4.69, 9.17) is 9.84 Å². The van der Waals surface area contributed by atoms with E-state index in [2.05, 4.69) is 19.1 Å². The third-order valence-electron chi connectivity index (χ3n) is 5.63. The molecular formula is C24H30O5S2. The quantitative estimate of drug-likeness (QED) is 0.226. The van der Waals surface area contributed by atoms with Gasteiger partial charge in [0.15, 0.2) is 0 Å². The number of ether oxygens (including phenoxy) is 1. The van der Waals surface area contributed by atoms with Crippen LogP contribution in [0.2, 0.25) is 0 Å². The molecule has 0 spiro atoms. The molecule has 168 valence electrons. The summed E-state index contributed by atoms with van der Waals surface area (Å²) in [4.78, 5) is 12.1. The number of hydrogen-bond acceptors (Lipinski definition) is 5. The zero-order chi connectivity index (χ0) is 22.4. The fraction of sp³-hybridized carbons (Fsp3) is 0.375. The maximum Gasteiger partial charge on any atom is 0.331 e. The molecule has 3 N–H and O–H groups in total. The molecule has 0 radical (unpaired) electrons. The molecule has 0 saturated carbocycles. The smallest absolute Gasteiger partial charge is 0.331 e. The monoisotopic (exact) mass is 462 g/mol. The van der Waals surface area contributed by atoms with Gasteiger partial charge in [-0.05, 0) is 42.2 Å². The van der Waals surface area contributed by atoms with Crippen LogP contribution in [0.15, 0.2) is 64.6 Å². The lowest BCUT2D eigenvalue weighted by Crippen LogP contribution is -2.13. The average Bonchev–Trinajstić information content (AvgIpc) is 2.85. The lowest BCUT2D eigenvalue weighted by molar-refractivity contribution is -0.131. The Bertz CT molecular complexity index is 927. The van der Waals surface area contributed by atoms with Gasteiger partial charge in [-0.2, -0.15) is 10.6 Å². The first-order valence-corrected chi connectivity index (χ1v) is 13.4. The first-order valence-electron chi connectivity index (χ1n) is 10.4. The maximum atomic E-state index is 11.2. The highest BCUT2D eigenvalue weighted by atomic mass is 32.3. The van der Waals surface area contributed by atoms with Crippen molar-refractivity contribution in [3.8, 4) is 5.75 Å². The molecule has 0 aliphatic carbocycles. The number of unbranched alkanes of at least 4 members (excludes halogenated alkanes) is 1. The molecule has 2 unspecified atom stereocenters. The summed E-state index contributed by atoms with van der Waals surface area (Å²) in [5, 5.41) is 8.84. The zero-order valence-corrected chi connectivity index (χ0v) is 19.5. The largest absolute Gasteiger partial charge is 0.478 e. The van der Waals surface area contributed by atoms with Gasteiger partial charge in [-0.1, -0.05) is 50.1 Å². The van der Waals surface area contributed by atoms with Crippen LogP contribution in [-0.2, 0) is 4.79 Å². The van der Waals surface area contributed by atoms with Crippen molar-refractivity contribution < 1.29 is 23.7 Å². The van der Waals surface area contributed by atoms with Crippen molar-refractivity contribution in [1.82, 2.24) is 0 Å². The van der Waals surface area contributed by atoms with Crippen LogP contribution < -0.4 is 4.74 Å². The van der Waals surface area contributed by atoms with Gasteiger partial charge in [0.25, 0.3) is 0 Å². The second-order valence-corrected chi connectivity index (χ2v) is 10.8. The van der Waals surface area contributed by atoms with Crippen molar-refractivity contribution in [3.05, 3.63) is 65.9 Å². The van der Waals surface area contributed by atoms with Gasteiger partial charge in [0.1, 0.15) is 5.75 Å². The lowest BCUT2D eigenvalue weighted by Gasteiger charge is -2.35. The van der Waals surface area contributed by atoms with E-state index in [0.717, 1.165) is 54.0 Å². The minimum atomic E-state index is -3.02. The maximum absolute atomic E-state index is 11.2. The number of aliphatic carboxylic acids is 1. The number of hydrogen-bond donors (Lipinski definition) is 3. The Hall–Kier alpha value is -1.93. The van der Waals surface area contributed by atoms with Gasteiger partial charge in [-0.25, -0.2) is 4.79 Å². The van der Waals surface area contributed by atoms with Crippen molar-refractivity contribution >= 4 is 28.3 Å². The normalized spacial score (nSPS) is 21.3. The summed E-state index contributed by atoms with van der Waals surface area (Å²) in [7, 11) is -3.02. The third-order valence-corrected chi connectivity index (χ3v) is 8.39. The summed E-state index contributed by atoms with van der Waals surface area (Å²) in [6.45, 7) is 2.15. The number of carboxylic acids is 1. The molecule has 7 heteroatoms. The molecule has 0 amide bonds. The summed E-state index contributed by atoms with van der Waals surface area (Å²) in [6.07, 6.45) is 7.91. The van der Waals surface area contributed by atoms with Crippen LogP contribution in [0.3, 0.4) is 0 Å². The van der Waals surface area contributed by atoms with Gasteiger partial charge in [-0.15, -0.1) is 11.8 Å². The van der Waals surface area contributed by atoms with E-state index in [1.807, 2.05) is 30.5 Å². The van der Waals surface area contributed by atoms with Crippen LogP contribution in [0.25, 0.3) is 0 Å². The van der Waals surface area contributed by atoms with E-state index >= 15 is 0 Å². The number of carboxylic acid groups (broad SMARTS) is 1. The summed E-state index contributed by atoms with van der Waals surface area (Å²) < 4.78 is 28.0. The van der Waals surface area contributed by atoms with E-state index in [-0.39, 0.29) is 11.8 Å². The fourth-order valence-electron chi connectivity index (χ4n) is 4.17. The fourth-order valence-corrected chi connectivity index (χ4v) is 6.74. The molecule has 3 rings (SSSR count). The Morgan fingerprint density at radius 2 is 2.00 bits per heavy atom. The van der Waals surface area contributed by atoms with E-state index in [0.29, 0.717) is 16.4 Å². The zero-order valence-electron chi connectivity index (χ0n) is 17.9. The molecule has 1 aliphatic heterocycles. The molecular weight excluding hydrogens is 432 g/mol. The number of fused-ring (bicyclic) bond motifs is 1. The molecule has 31 heavy (non-hydrogen) atoms. The van der Waals surface area contributed by atoms with Crippen molar-refractivity contribution in [1.29, 1.82) is 0 Å². The third kappa shape index (κ3) is 5.86. The van der Waals surface area contributed by atoms with Gasteiger partial charge in [0.05, 0.1) is 22.1 Å². The van der Waals surface area contributed by atoms with Crippen LogP contribution in [0.1, 0.15) is 49.7 Å². The van der Waals surface area contributed by atoms with Gasteiger partial charge >= 0.3 is 5.97 Å². The summed E-state index contributed by atoms with van der Waals surface area (Å²) in [6, 6.07) is 13.9. The first-order chi connectivity index (χ1) is 14.9. The van der Waals surface area contributed by atoms with E-state index in [9.17, 15) is 13.9 Å². The van der Waals surface area contributed by atoms with Crippen molar-refractivity contribution in [2.24, 2.45) is 5.92 Å². The highest BCUT2D eigenvalue weighted by molar-refractivity contribution is 8.24. The van der Waals surface area contributed by atoms with E-state index in [1.54, 1.807) is 6.07 Å². The highest BCUT2D eigenvalue weighted by Crippen LogP contribution is 2.59. The van der Waals surface area contributed by atoms with Gasteiger partial charge in [-0.3, -0.25) is 9.11 Å². The van der Waals surface area contributed by atoms with Crippen LogP contribution in [0.4, 0.5) is 0 Å². The summed E-state index contributed by atoms with van der Waals surface area (Å²) >= 11 is 1.49. The van der Waals surface area contributed by atoms with Gasteiger partial charge < -0.3 is 9.84 Å². The minimum Gasteiger partial charge on any atom is -0.478 e. The van der Waals surface area contributed by atoms with Crippen LogP contribution in [0, 0.1) is 5.92 Å². The number of benzene rings is 2. The molecule has 2 atom stereocenters. The number of thioether (sulfide) groups is 1. The van der Waals surface area contributed by atoms with Crippen LogP contribution in [-0.4, -0.2) is 32.2 Å². The van der Waals surface area contributed by atoms with Crippen LogP contribution in [0.5, 0.6) is 5.75 Å². The molecule has 2 aromatic carbocycles. The Balaban J connectivity index is 2.12.